The largest absolute Gasteiger partial charge is 0.491 e. The van der Waals surface area contributed by atoms with Crippen molar-refractivity contribution in [3.63, 3.8) is 0 Å². The second-order valence-corrected chi connectivity index (χ2v) is 5.00. The number of hydrogen-bond acceptors (Lipinski definition) is 3. The van der Waals surface area contributed by atoms with E-state index in [0.717, 1.165) is 12.8 Å². The van der Waals surface area contributed by atoms with E-state index in [9.17, 15) is 4.79 Å². The number of benzene rings is 1. The predicted octanol–water partition coefficient (Wildman–Crippen LogP) is 4.10. The third-order valence-electron chi connectivity index (χ3n) is 3.27. The number of rotatable bonds is 10. The maximum atomic E-state index is 11.1. The number of hydrogen-bond donors (Lipinski definition) is 2. The fourth-order valence-corrected chi connectivity index (χ4v) is 2.12. The maximum Gasteiger partial charge on any atom is 0.339 e. The van der Waals surface area contributed by atoms with Crippen LogP contribution in [0.2, 0.25) is 0 Å². The van der Waals surface area contributed by atoms with Gasteiger partial charge in [-0.05, 0) is 18.6 Å². The van der Waals surface area contributed by atoms with Gasteiger partial charge in [0.15, 0.2) is 5.75 Å². The molecule has 0 heterocycles. The summed E-state index contributed by atoms with van der Waals surface area (Å²) in [5.74, 6) is -0.710. The van der Waals surface area contributed by atoms with Gasteiger partial charge in [0.05, 0.1) is 12.3 Å². The van der Waals surface area contributed by atoms with Crippen LogP contribution < -0.4 is 10.5 Å². The summed E-state index contributed by atoms with van der Waals surface area (Å²) >= 11 is 0. The first-order valence-corrected chi connectivity index (χ1v) is 7.41. The molecule has 0 aliphatic rings. The zero-order valence-corrected chi connectivity index (χ0v) is 12.2. The van der Waals surface area contributed by atoms with E-state index in [0.29, 0.717) is 18.0 Å². The van der Waals surface area contributed by atoms with E-state index in [1.807, 2.05) is 0 Å². The summed E-state index contributed by atoms with van der Waals surface area (Å²) in [7, 11) is 0. The minimum absolute atomic E-state index is 0.132. The van der Waals surface area contributed by atoms with Crippen LogP contribution in [0.15, 0.2) is 18.2 Å². The summed E-state index contributed by atoms with van der Waals surface area (Å²) in [5.41, 5.74) is 6.28. The number of aromatic carboxylic acids is 1. The van der Waals surface area contributed by atoms with E-state index in [-0.39, 0.29) is 5.56 Å². The zero-order valence-electron chi connectivity index (χ0n) is 12.2. The Kier molecular flexibility index (Phi) is 7.55. The van der Waals surface area contributed by atoms with Crippen LogP contribution in [-0.2, 0) is 0 Å². The van der Waals surface area contributed by atoms with Crippen LogP contribution in [0.25, 0.3) is 0 Å². The SMILES string of the molecule is CCCCCCCCCOc1c(N)cccc1C(=O)O. The van der Waals surface area contributed by atoms with Gasteiger partial charge in [0.25, 0.3) is 0 Å². The average molecular weight is 279 g/mol. The molecule has 0 aromatic heterocycles. The highest BCUT2D eigenvalue weighted by atomic mass is 16.5. The van der Waals surface area contributed by atoms with Crippen molar-refractivity contribution in [2.24, 2.45) is 0 Å². The Morgan fingerprint density at radius 2 is 1.80 bits per heavy atom. The van der Waals surface area contributed by atoms with Crippen LogP contribution in [0.3, 0.4) is 0 Å². The molecule has 4 heteroatoms. The Labute approximate surface area is 120 Å². The summed E-state index contributed by atoms with van der Waals surface area (Å²) in [5, 5.41) is 9.08. The molecule has 1 rings (SSSR count). The normalized spacial score (nSPS) is 10.4. The van der Waals surface area contributed by atoms with E-state index in [2.05, 4.69) is 6.92 Å². The molecule has 20 heavy (non-hydrogen) atoms. The highest BCUT2D eigenvalue weighted by Gasteiger charge is 2.13. The van der Waals surface area contributed by atoms with Crippen LogP contribution in [0.4, 0.5) is 5.69 Å². The second kappa shape index (κ2) is 9.23. The van der Waals surface area contributed by atoms with E-state index >= 15 is 0 Å². The van der Waals surface area contributed by atoms with Gasteiger partial charge in [0.1, 0.15) is 5.56 Å². The van der Waals surface area contributed by atoms with Crippen LogP contribution in [0.5, 0.6) is 5.75 Å². The fourth-order valence-electron chi connectivity index (χ4n) is 2.12. The Hall–Kier alpha value is -1.71. The average Bonchev–Trinajstić information content (AvgIpc) is 2.43. The van der Waals surface area contributed by atoms with Crippen LogP contribution in [0.1, 0.15) is 62.2 Å². The van der Waals surface area contributed by atoms with Crippen molar-refractivity contribution in [1.29, 1.82) is 0 Å². The Balaban J connectivity index is 2.30. The first-order valence-electron chi connectivity index (χ1n) is 7.41. The molecule has 0 amide bonds. The number of nitrogen functional groups attached to an aromatic ring is 1. The Morgan fingerprint density at radius 1 is 1.15 bits per heavy atom. The predicted molar refractivity (Wildman–Crippen MR) is 81.3 cm³/mol. The monoisotopic (exact) mass is 279 g/mol. The van der Waals surface area contributed by atoms with Crippen molar-refractivity contribution in [3.8, 4) is 5.75 Å². The molecule has 0 spiro atoms. The van der Waals surface area contributed by atoms with E-state index < -0.39 is 5.97 Å². The van der Waals surface area contributed by atoms with E-state index in [1.54, 1.807) is 12.1 Å². The number of para-hydroxylation sites is 1. The molecule has 0 unspecified atom stereocenters. The topological polar surface area (TPSA) is 72.5 Å². The van der Waals surface area contributed by atoms with Crippen LogP contribution in [0, 0.1) is 0 Å². The van der Waals surface area contributed by atoms with Gasteiger partial charge in [0.2, 0.25) is 0 Å². The molecule has 0 bridgehead atoms. The van der Waals surface area contributed by atoms with Crippen molar-refractivity contribution in [2.75, 3.05) is 12.3 Å². The van der Waals surface area contributed by atoms with Crippen molar-refractivity contribution in [1.82, 2.24) is 0 Å². The first-order chi connectivity index (χ1) is 9.66. The van der Waals surface area contributed by atoms with Crippen LogP contribution in [-0.4, -0.2) is 17.7 Å². The lowest BCUT2D eigenvalue weighted by Gasteiger charge is -2.11. The van der Waals surface area contributed by atoms with Gasteiger partial charge in [-0.2, -0.15) is 0 Å². The molecule has 112 valence electrons. The molecule has 0 atom stereocenters. The molecule has 1 aromatic carbocycles. The van der Waals surface area contributed by atoms with Crippen molar-refractivity contribution in [3.05, 3.63) is 23.8 Å². The summed E-state index contributed by atoms with van der Waals surface area (Å²) < 4.78 is 5.55. The molecule has 0 fully saturated rings. The Morgan fingerprint density at radius 3 is 2.45 bits per heavy atom. The summed E-state index contributed by atoms with van der Waals surface area (Å²) in [6.45, 7) is 2.72. The van der Waals surface area contributed by atoms with E-state index in [1.165, 1.54) is 38.2 Å². The summed E-state index contributed by atoms with van der Waals surface area (Å²) in [6, 6.07) is 4.80. The number of unbranched alkanes of at least 4 members (excludes halogenated alkanes) is 6. The molecule has 0 saturated heterocycles. The first kappa shape index (κ1) is 16.3. The fraction of sp³-hybridized carbons (Fsp3) is 0.562. The second-order valence-electron chi connectivity index (χ2n) is 5.00. The third kappa shape index (κ3) is 5.51. The van der Waals surface area contributed by atoms with Gasteiger partial charge < -0.3 is 15.6 Å². The number of anilines is 1. The lowest BCUT2D eigenvalue weighted by atomic mass is 10.1. The molecule has 3 N–H and O–H groups in total. The molecule has 4 nitrogen and oxygen atoms in total. The molecule has 1 aromatic rings. The van der Waals surface area contributed by atoms with Crippen molar-refractivity contribution < 1.29 is 14.6 Å². The lowest BCUT2D eigenvalue weighted by Crippen LogP contribution is -2.07. The van der Waals surface area contributed by atoms with Gasteiger partial charge in [-0.3, -0.25) is 0 Å². The number of carboxylic acids is 1. The minimum Gasteiger partial charge on any atom is -0.491 e. The lowest BCUT2D eigenvalue weighted by molar-refractivity contribution is 0.0692. The van der Waals surface area contributed by atoms with Gasteiger partial charge in [-0.25, -0.2) is 4.79 Å². The number of nitrogens with two attached hydrogens (primary N) is 1. The standard InChI is InChI=1S/C16H25NO3/c1-2-3-4-5-6-7-8-12-20-15-13(16(18)19)10-9-11-14(15)17/h9-11H,2-8,12,17H2,1H3,(H,18,19). The number of ether oxygens (including phenoxy) is 1. The van der Waals surface area contributed by atoms with E-state index in [4.69, 9.17) is 15.6 Å². The van der Waals surface area contributed by atoms with Gasteiger partial charge in [-0.1, -0.05) is 51.5 Å². The molecule has 0 radical (unpaired) electrons. The highest BCUT2D eigenvalue weighted by molar-refractivity contribution is 5.93. The Bertz CT molecular complexity index is 418. The van der Waals surface area contributed by atoms with Crippen molar-refractivity contribution in [2.45, 2.75) is 51.9 Å². The van der Waals surface area contributed by atoms with Crippen molar-refractivity contribution >= 4 is 11.7 Å². The van der Waals surface area contributed by atoms with Crippen LogP contribution >= 0.6 is 0 Å². The van der Waals surface area contributed by atoms with Gasteiger partial charge in [0, 0.05) is 0 Å². The zero-order chi connectivity index (χ0) is 14.8. The molecule has 0 aliphatic carbocycles. The smallest absolute Gasteiger partial charge is 0.339 e. The molecule has 0 aliphatic heterocycles. The highest BCUT2D eigenvalue weighted by Crippen LogP contribution is 2.26. The maximum absolute atomic E-state index is 11.1. The van der Waals surface area contributed by atoms with Gasteiger partial charge in [-0.15, -0.1) is 0 Å². The minimum atomic E-state index is -1.01. The number of carbonyl (C=O) groups is 1. The summed E-state index contributed by atoms with van der Waals surface area (Å²) in [4.78, 5) is 11.1. The molecular formula is C16H25NO3. The third-order valence-corrected chi connectivity index (χ3v) is 3.27. The molecule has 0 saturated carbocycles. The number of carboxylic acid groups (broad SMARTS) is 1. The summed E-state index contributed by atoms with van der Waals surface area (Å²) in [6.07, 6.45) is 8.37. The quantitative estimate of drug-likeness (QED) is 0.499. The molecular weight excluding hydrogens is 254 g/mol. The van der Waals surface area contributed by atoms with Gasteiger partial charge >= 0.3 is 5.97 Å².